The number of ether oxygens (including phenoxy) is 2. The Bertz CT molecular complexity index is 1750. The number of thiocarbonyl (C=S) groups is 1. The van der Waals surface area contributed by atoms with Gasteiger partial charge in [-0.2, -0.15) is 0 Å². The molecule has 0 spiro atoms. The maximum atomic E-state index is 15.7. The molecule has 0 unspecified atom stereocenters. The van der Waals surface area contributed by atoms with Crippen molar-refractivity contribution in [2.45, 2.75) is 6.42 Å². The molecule has 6 rings (SSSR count). The number of H-pyrrole nitrogens is 1. The number of benzene rings is 3. The first-order valence-corrected chi connectivity index (χ1v) is 15.5. The van der Waals surface area contributed by atoms with Gasteiger partial charge in [-0.25, -0.2) is 9.18 Å². The van der Waals surface area contributed by atoms with Gasteiger partial charge in [-0.3, -0.25) is 14.6 Å². The van der Waals surface area contributed by atoms with Gasteiger partial charge >= 0.3 is 5.97 Å². The molecule has 3 aromatic carbocycles. The number of aromatic amines is 1. The molecule has 2 fully saturated rings. The molecule has 0 bridgehead atoms. The molecule has 44 heavy (non-hydrogen) atoms. The molecule has 0 radical (unpaired) electrons. The van der Waals surface area contributed by atoms with Crippen LogP contribution in [-0.2, 0) is 16.0 Å². The van der Waals surface area contributed by atoms with Gasteiger partial charge in [0.05, 0.1) is 23.7 Å². The van der Waals surface area contributed by atoms with Gasteiger partial charge < -0.3 is 19.6 Å². The Morgan fingerprint density at radius 1 is 1.07 bits per heavy atom. The van der Waals surface area contributed by atoms with Crippen LogP contribution in [0.1, 0.15) is 21.5 Å². The molecule has 0 atom stereocenters. The predicted octanol–water partition coefficient (Wildman–Crippen LogP) is 5.83. The van der Waals surface area contributed by atoms with Crippen LogP contribution < -0.4 is 4.74 Å². The number of carbonyl (C=O) groups is 2. The second-order valence-corrected chi connectivity index (χ2v) is 12.2. The van der Waals surface area contributed by atoms with E-state index in [-0.39, 0.29) is 17.3 Å². The normalized spacial score (nSPS) is 16.8. The second kappa shape index (κ2) is 13.3. The maximum Gasteiger partial charge on any atom is 0.335 e. The fourth-order valence-corrected chi connectivity index (χ4v) is 6.60. The Morgan fingerprint density at radius 2 is 1.86 bits per heavy atom. The predicted molar refractivity (Wildman–Crippen MR) is 173 cm³/mol. The smallest absolute Gasteiger partial charge is 0.335 e. The Hall–Kier alpha value is -4.03. The highest BCUT2D eigenvalue weighted by atomic mass is 32.2. The number of carboxylic acid groups (broad SMARTS) is 1. The lowest BCUT2D eigenvalue weighted by molar-refractivity contribution is -0.122. The number of carboxylic acids is 1. The van der Waals surface area contributed by atoms with Crippen molar-refractivity contribution in [2.75, 3.05) is 46.0 Å². The zero-order valence-corrected chi connectivity index (χ0v) is 25.4. The Labute approximate surface area is 263 Å². The number of morpholine rings is 1. The molecule has 8 nitrogen and oxygen atoms in total. The number of amides is 1. The van der Waals surface area contributed by atoms with E-state index in [0.717, 1.165) is 30.8 Å². The summed E-state index contributed by atoms with van der Waals surface area (Å²) in [6, 6.07) is 17.4. The highest BCUT2D eigenvalue weighted by Gasteiger charge is 2.31. The molecule has 1 aromatic heterocycles. The fourth-order valence-electron chi connectivity index (χ4n) is 5.29. The van der Waals surface area contributed by atoms with Crippen LogP contribution in [0.4, 0.5) is 4.39 Å². The van der Waals surface area contributed by atoms with E-state index in [1.807, 2.05) is 24.3 Å². The van der Waals surface area contributed by atoms with Crippen LogP contribution >= 0.6 is 24.0 Å². The van der Waals surface area contributed by atoms with Crippen LogP contribution in [0, 0.1) is 5.82 Å². The number of hydrogen-bond acceptors (Lipinski definition) is 7. The van der Waals surface area contributed by atoms with Gasteiger partial charge in [-0.1, -0.05) is 42.2 Å². The largest absolute Gasteiger partial charge is 0.492 e. The molecule has 0 saturated carbocycles. The van der Waals surface area contributed by atoms with E-state index in [4.69, 9.17) is 26.8 Å². The lowest BCUT2D eigenvalue weighted by Gasteiger charge is -2.26. The molecule has 4 aromatic rings. The van der Waals surface area contributed by atoms with Crippen LogP contribution in [0.15, 0.2) is 71.8 Å². The quantitative estimate of drug-likeness (QED) is 0.167. The fraction of sp³-hybridized carbons (Fsp3) is 0.242. The highest BCUT2D eigenvalue weighted by molar-refractivity contribution is 8.26. The Morgan fingerprint density at radius 3 is 2.64 bits per heavy atom. The minimum absolute atomic E-state index is 0.200. The van der Waals surface area contributed by atoms with E-state index in [9.17, 15) is 9.59 Å². The number of carbonyl (C=O) groups excluding carboxylic acids is 1. The zero-order valence-electron chi connectivity index (χ0n) is 23.8. The number of fused-ring (bicyclic) bond motifs is 1. The third-order valence-corrected chi connectivity index (χ3v) is 9.11. The van der Waals surface area contributed by atoms with Gasteiger partial charge in [-0.15, -0.1) is 0 Å². The molecule has 2 aliphatic rings. The number of aromatic carboxylic acids is 1. The van der Waals surface area contributed by atoms with Gasteiger partial charge in [0.2, 0.25) is 0 Å². The number of aromatic nitrogens is 1. The number of thioether (sulfide) groups is 1. The number of hydrogen-bond donors (Lipinski definition) is 2. The number of halogens is 1. The van der Waals surface area contributed by atoms with E-state index < -0.39 is 5.97 Å². The van der Waals surface area contributed by atoms with Crippen LogP contribution in [0.2, 0.25) is 0 Å². The third kappa shape index (κ3) is 6.56. The van der Waals surface area contributed by atoms with E-state index in [1.54, 1.807) is 53.6 Å². The van der Waals surface area contributed by atoms with E-state index in [2.05, 4.69) is 9.88 Å². The van der Waals surface area contributed by atoms with Crippen LogP contribution in [0.5, 0.6) is 5.75 Å². The molecule has 11 heteroatoms. The third-order valence-electron chi connectivity index (χ3n) is 7.73. The van der Waals surface area contributed by atoms with E-state index in [0.29, 0.717) is 69.8 Å². The molecule has 2 N–H and O–H groups in total. The summed E-state index contributed by atoms with van der Waals surface area (Å²) in [5.41, 5.74) is 3.56. The van der Waals surface area contributed by atoms with Crippen LogP contribution in [0.3, 0.4) is 0 Å². The summed E-state index contributed by atoms with van der Waals surface area (Å²) in [6.07, 6.45) is 4.01. The minimum Gasteiger partial charge on any atom is -0.492 e. The van der Waals surface area contributed by atoms with Crippen molar-refractivity contribution in [3.8, 4) is 16.9 Å². The first-order valence-electron chi connectivity index (χ1n) is 14.3. The summed E-state index contributed by atoms with van der Waals surface area (Å²) in [5, 5.41) is 9.61. The van der Waals surface area contributed by atoms with Gasteiger partial charge in [-0.05, 0) is 66.1 Å². The van der Waals surface area contributed by atoms with Gasteiger partial charge in [0.1, 0.15) is 22.5 Å². The Kier molecular flexibility index (Phi) is 9.08. The monoisotopic (exact) mass is 631 g/mol. The summed E-state index contributed by atoms with van der Waals surface area (Å²) in [7, 11) is 0. The first-order chi connectivity index (χ1) is 21.4. The van der Waals surface area contributed by atoms with Crippen LogP contribution in [0.25, 0.3) is 28.1 Å². The van der Waals surface area contributed by atoms with E-state index in [1.165, 1.54) is 11.8 Å². The van der Waals surface area contributed by atoms with Crippen molar-refractivity contribution in [1.82, 2.24) is 14.8 Å². The van der Waals surface area contributed by atoms with Gasteiger partial charge in [0, 0.05) is 54.4 Å². The van der Waals surface area contributed by atoms with E-state index >= 15 is 4.39 Å². The van der Waals surface area contributed by atoms with Gasteiger partial charge in [0.25, 0.3) is 5.91 Å². The minimum atomic E-state index is -0.984. The summed E-state index contributed by atoms with van der Waals surface area (Å²) in [4.78, 5) is 31.8. The highest BCUT2D eigenvalue weighted by Crippen LogP contribution is 2.38. The standard InChI is InChI=1S/C33H30FN3O5S2/c34-30-24(6-7-27-25(30)9-11-35-27)26-19-22(3-8-28(26)42-18-15-36-13-16-41-17-14-36)20-29-31(38)37(33(43)44-29)12-10-21-1-4-23(5-2-21)32(39)40/h1-9,11,19-20,35H,10,12-18H2,(H,39,40). The van der Waals surface area contributed by atoms with Crippen molar-refractivity contribution < 1.29 is 28.6 Å². The molecule has 226 valence electrons. The molecule has 2 saturated heterocycles. The SMILES string of the molecule is O=C(O)c1ccc(CCN2C(=O)C(=Cc3ccc(OCCN4CCOCC4)c(-c4ccc5[nH]ccc5c4F)c3)SC2=S)cc1. The topological polar surface area (TPSA) is 95.1 Å². The summed E-state index contributed by atoms with van der Waals surface area (Å²) >= 11 is 6.75. The zero-order chi connectivity index (χ0) is 30.6. The first kappa shape index (κ1) is 30.0. The van der Waals surface area contributed by atoms with Crippen molar-refractivity contribution in [1.29, 1.82) is 0 Å². The number of rotatable bonds is 10. The second-order valence-electron chi connectivity index (χ2n) is 10.5. The molecular formula is C33H30FN3O5S2. The summed E-state index contributed by atoms with van der Waals surface area (Å²) in [5.74, 6) is -0.969. The van der Waals surface area contributed by atoms with Crippen molar-refractivity contribution >= 4 is 57.2 Å². The molecular weight excluding hydrogens is 602 g/mol. The lowest BCUT2D eigenvalue weighted by Crippen LogP contribution is -2.38. The molecule has 0 aliphatic carbocycles. The number of nitrogens with zero attached hydrogens (tertiary/aromatic N) is 2. The molecule has 2 aliphatic heterocycles. The number of nitrogens with one attached hydrogen (secondary N) is 1. The van der Waals surface area contributed by atoms with Crippen LogP contribution in [-0.4, -0.2) is 82.1 Å². The summed E-state index contributed by atoms with van der Waals surface area (Å²) < 4.78 is 27.8. The maximum absolute atomic E-state index is 15.7. The lowest BCUT2D eigenvalue weighted by atomic mass is 9.99. The average Bonchev–Trinajstić information content (AvgIpc) is 3.62. The Balaban J connectivity index is 1.23. The average molecular weight is 632 g/mol. The van der Waals surface area contributed by atoms with Crippen molar-refractivity contribution in [2.24, 2.45) is 0 Å². The van der Waals surface area contributed by atoms with Crippen molar-refractivity contribution in [3.05, 3.63) is 94.3 Å². The molecule has 3 heterocycles. The molecule has 1 amide bonds. The van der Waals surface area contributed by atoms with Crippen molar-refractivity contribution in [3.63, 3.8) is 0 Å². The van der Waals surface area contributed by atoms with Gasteiger partial charge in [0.15, 0.2) is 0 Å². The summed E-state index contributed by atoms with van der Waals surface area (Å²) in [6.45, 7) is 4.65.